The van der Waals surface area contributed by atoms with E-state index in [0.717, 1.165) is 10.4 Å². The van der Waals surface area contributed by atoms with Gasteiger partial charge in [-0.2, -0.15) is 4.31 Å². The lowest BCUT2D eigenvalue weighted by Crippen LogP contribution is -2.37. The zero-order valence-electron chi connectivity index (χ0n) is 9.26. The van der Waals surface area contributed by atoms with E-state index in [4.69, 9.17) is 5.73 Å². The molecule has 0 radical (unpaired) electrons. The Kier molecular flexibility index (Phi) is 4.55. The van der Waals surface area contributed by atoms with Crippen LogP contribution in [0.2, 0.25) is 0 Å². The zero-order valence-corrected chi connectivity index (χ0v) is 10.9. The third kappa shape index (κ3) is 3.45. The normalized spacial score (nSPS) is 11.7. The first-order valence-corrected chi connectivity index (χ1v) is 6.76. The molecule has 0 unspecified atom stereocenters. The van der Waals surface area contributed by atoms with Gasteiger partial charge < -0.3 is 5.73 Å². The first-order valence-electron chi connectivity index (χ1n) is 4.92. The highest BCUT2D eigenvalue weighted by molar-refractivity contribution is 7.89. The Morgan fingerprint density at radius 2 is 2.18 bits per heavy atom. The molecule has 0 saturated carbocycles. The lowest BCUT2D eigenvalue weighted by atomic mass is 10.4. The molecule has 0 aliphatic heterocycles. The van der Waals surface area contributed by atoms with E-state index < -0.39 is 15.8 Å². The maximum atomic E-state index is 13.0. The second-order valence-corrected chi connectivity index (χ2v) is 5.82. The summed E-state index contributed by atoms with van der Waals surface area (Å²) in [5, 5.41) is 0. The van der Waals surface area contributed by atoms with E-state index in [9.17, 15) is 12.8 Å². The first-order chi connectivity index (χ1) is 7.87. The van der Waals surface area contributed by atoms with E-state index in [-0.39, 0.29) is 23.0 Å². The summed E-state index contributed by atoms with van der Waals surface area (Å²) in [5.74, 6) is -0.600. The van der Waals surface area contributed by atoms with E-state index in [2.05, 4.69) is 12.2 Å². The molecule has 0 aromatic heterocycles. The summed E-state index contributed by atoms with van der Waals surface area (Å²) in [7, 11) is -3.74. The second kappa shape index (κ2) is 5.52. The van der Waals surface area contributed by atoms with Gasteiger partial charge in [0.2, 0.25) is 10.0 Å². The minimum absolute atomic E-state index is 0.0509. The largest absolute Gasteiger partial charge is 0.392 e. The fourth-order valence-corrected chi connectivity index (χ4v) is 3.01. The molecule has 1 rings (SSSR count). The van der Waals surface area contributed by atoms with Crippen LogP contribution in [0.15, 0.2) is 29.2 Å². The van der Waals surface area contributed by atoms with Crippen LogP contribution in [0.1, 0.15) is 6.92 Å². The van der Waals surface area contributed by atoms with Crippen molar-refractivity contribution in [3.8, 4) is 0 Å². The van der Waals surface area contributed by atoms with Gasteiger partial charge in [0, 0.05) is 6.54 Å². The van der Waals surface area contributed by atoms with Gasteiger partial charge in [-0.1, -0.05) is 25.2 Å². The SMILES string of the molecule is CCN(CC(N)=S)S(=O)(=O)c1cccc(F)c1. The Balaban J connectivity index is 3.13. The van der Waals surface area contributed by atoms with Crippen LogP contribution in [0.25, 0.3) is 0 Å². The molecule has 0 atom stereocenters. The van der Waals surface area contributed by atoms with Gasteiger partial charge in [-0.15, -0.1) is 0 Å². The summed E-state index contributed by atoms with van der Waals surface area (Å²) < 4.78 is 38.3. The zero-order chi connectivity index (χ0) is 13.1. The van der Waals surface area contributed by atoms with Crippen LogP contribution in [0, 0.1) is 5.82 Å². The molecule has 0 aliphatic carbocycles. The number of thiocarbonyl (C=S) groups is 1. The van der Waals surface area contributed by atoms with Gasteiger partial charge in [0.15, 0.2) is 0 Å². The predicted octanol–water partition coefficient (Wildman–Crippen LogP) is 1.12. The number of nitrogens with zero attached hydrogens (tertiary/aromatic N) is 1. The Morgan fingerprint density at radius 1 is 1.53 bits per heavy atom. The highest BCUT2D eigenvalue weighted by atomic mass is 32.2. The van der Waals surface area contributed by atoms with Crippen molar-refractivity contribution in [1.82, 2.24) is 4.31 Å². The number of benzene rings is 1. The van der Waals surface area contributed by atoms with E-state index in [1.165, 1.54) is 18.2 Å². The topological polar surface area (TPSA) is 63.4 Å². The fourth-order valence-electron chi connectivity index (χ4n) is 1.32. The molecule has 1 aromatic rings. The van der Waals surface area contributed by atoms with Crippen molar-refractivity contribution in [3.05, 3.63) is 30.1 Å². The first kappa shape index (κ1) is 14.0. The minimum Gasteiger partial charge on any atom is -0.392 e. The van der Waals surface area contributed by atoms with E-state index in [1.54, 1.807) is 6.92 Å². The number of rotatable bonds is 5. The molecule has 2 N–H and O–H groups in total. The van der Waals surface area contributed by atoms with Crippen molar-refractivity contribution < 1.29 is 12.8 Å². The highest BCUT2D eigenvalue weighted by Crippen LogP contribution is 2.16. The van der Waals surface area contributed by atoms with Crippen LogP contribution >= 0.6 is 12.2 Å². The lowest BCUT2D eigenvalue weighted by molar-refractivity contribution is 0.467. The maximum Gasteiger partial charge on any atom is 0.243 e. The van der Waals surface area contributed by atoms with Gasteiger partial charge in [-0.3, -0.25) is 0 Å². The Bertz CT molecular complexity index is 517. The van der Waals surface area contributed by atoms with Crippen LogP contribution in [-0.4, -0.2) is 30.8 Å². The summed E-state index contributed by atoms with van der Waals surface area (Å²) in [6, 6.07) is 4.83. The van der Waals surface area contributed by atoms with Gasteiger partial charge in [0.05, 0.1) is 16.4 Å². The molecule has 0 aliphatic rings. The van der Waals surface area contributed by atoms with Gasteiger partial charge in [-0.05, 0) is 18.2 Å². The van der Waals surface area contributed by atoms with Crippen molar-refractivity contribution in [2.75, 3.05) is 13.1 Å². The van der Waals surface area contributed by atoms with Crippen LogP contribution in [-0.2, 0) is 10.0 Å². The average Bonchev–Trinajstić information content (AvgIpc) is 2.25. The molecule has 0 saturated heterocycles. The van der Waals surface area contributed by atoms with Crippen molar-refractivity contribution in [2.24, 2.45) is 5.73 Å². The third-order valence-corrected chi connectivity index (χ3v) is 4.16. The van der Waals surface area contributed by atoms with Crippen molar-refractivity contribution >= 4 is 27.2 Å². The van der Waals surface area contributed by atoms with E-state index in [0.29, 0.717) is 0 Å². The second-order valence-electron chi connectivity index (χ2n) is 3.35. The Hall–Kier alpha value is -1.05. The molecule has 0 bridgehead atoms. The summed E-state index contributed by atoms with van der Waals surface area (Å²) in [4.78, 5) is -0.0255. The van der Waals surface area contributed by atoms with Crippen molar-refractivity contribution in [1.29, 1.82) is 0 Å². The number of hydrogen-bond donors (Lipinski definition) is 1. The van der Waals surface area contributed by atoms with Crippen LogP contribution in [0.4, 0.5) is 4.39 Å². The van der Waals surface area contributed by atoms with E-state index >= 15 is 0 Å². The number of nitrogens with two attached hydrogens (primary N) is 1. The average molecular weight is 276 g/mol. The minimum atomic E-state index is -3.74. The lowest BCUT2D eigenvalue weighted by Gasteiger charge is -2.19. The fraction of sp³-hybridized carbons (Fsp3) is 0.300. The number of hydrogen-bond acceptors (Lipinski definition) is 3. The summed E-state index contributed by atoms with van der Waals surface area (Å²) in [6.45, 7) is 1.83. The molecule has 94 valence electrons. The van der Waals surface area contributed by atoms with Gasteiger partial charge in [0.1, 0.15) is 5.82 Å². The molecule has 1 aromatic carbocycles. The van der Waals surface area contributed by atoms with Gasteiger partial charge in [0.25, 0.3) is 0 Å². The number of halogens is 1. The molecule has 0 heterocycles. The van der Waals surface area contributed by atoms with Crippen LogP contribution < -0.4 is 5.73 Å². The van der Waals surface area contributed by atoms with Crippen molar-refractivity contribution in [2.45, 2.75) is 11.8 Å². The monoisotopic (exact) mass is 276 g/mol. The molecular weight excluding hydrogens is 263 g/mol. The molecule has 17 heavy (non-hydrogen) atoms. The predicted molar refractivity (Wildman–Crippen MR) is 67.6 cm³/mol. The summed E-state index contributed by atoms with van der Waals surface area (Å²) in [5.41, 5.74) is 5.32. The number of sulfonamides is 1. The standard InChI is InChI=1S/C10H13FN2O2S2/c1-2-13(7-10(12)16)17(14,15)9-5-3-4-8(11)6-9/h3-6H,2,7H2,1H3,(H2,12,16). The van der Waals surface area contributed by atoms with Gasteiger partial charge >= 0.3 is 0 Å². The highest BCUT2D eigenvalue weighted by Gasteiger charge is 2.23. The smallest absolute Gasteiger partial charge is 0.243 e. The van der Waals surface area contributed by atoms with Crippen LogP contribution in [0.5, 0.6) is 0 Å². The molecule has 0 amide bonds. The Morgan fingerprint density at radius 3 is 2.65 bits per heavy atom. The Labute approximate surface area is 105 Å². The molecule has 7 heteroatoms. The molecular formula is C10H13FN2O2S2. The maximum absolute atomic E-state index is 13.0. The van der Waals surface area contributed by atoms with E-state index in [1.807, 2.05) is 0 Å². The summed E-state index contributed by atoms with van der Waals surface area (Å²) in [6.07, 6.45) is 0. The van der Waals surface area contributed by atoms with Crippen molar-refractivity contribution in [3.63, 3.8) is 0 Å². The molecule has 0 fully saturated rings. The number of likely N-dealkylation sites (N-methyl/N-ethyl adjacent to an activating group) is 1. The molecule has 4 nitrogen and oxygen atoms in total. The summed E-state index contributed by atoms with van der Waals surface area (Å²) >= 11 is 4.68. The quantitative estimate of drug-likeness (QED) is 0.819. The van der Waals surface area contributed by atoms with Gasteiger partial charge in [-0.25, -0.2) is 12.8 Å². The molecule has 0 spiro atoms. The third-order valence-electron chi connectivity index (χ3n) is 2.12. The van der Waals surface area contributed by atoms with Crippen LogP contribution in [0.3, 0.4) is 0 Å².